The van der Waals surface area contributed by atoms with Gasteiger partial charge in [-0.15, -0.1) is 0 Å². The van der Waals surface area contributed by atoms with Gasteiger partial charge < -0.3 is 40.7 Å². The van der Waals surface area contributed by atoms with E-state index >= 15 is 0 Å². The molecule has 2 aliphatic heterocycles. The van der Waals surface area contributed by atoms with Gasteiger partial charge in [-0.25, -0.2) is 5.01 Å². The molecule has 0 aromatic heterocycles. The first kappa shape index (κ1) is 39.0. The first-order valence-electron chi connectivity index (χ1n) is 18.0. The number of imide groups is 1. The standard InChI is InChI=1S/C38H46N4O12/c1-18-33(47)22(39)14-24(54-18)20-15-38(52,25(17-43)41(2)40-26(44)10-5-4-6-13-42-27(45)11-12-28(42)46)16-21-29(20)36(50)32-31(35(21)49)34(48)19-8-7-9-23(53-3)30(19)37(32)51/h7-9,11-12,18,20,22,24-25,33,43,47,49-50,52H,4-6,10,13-17,39H2,1-3H3,(H,40,44)/t18?,20?,22?,24-,25?,33?,38-/m1/s1. The quantitative estimate of drug-likeness (QED) is 0.0570. The van der Waals surface area contributed by atoms with Gasteiger partial charge in [-0.2, -0.15) is 0 Å². The van der Waals surface area contributed by atoms with Crippen LogP contribution in [-0.2, 0) is 25.5 Å². The minimum absolute atomic E-state index is 0.0424. The monoisotopic (exact) mass is 750 g/mol. The molecule has 0 radical (unpaired) electrons. The number of hydrogen-bond acceptors (Lipinski definition) is 14. The van der Waals surface area contributed by atoms with E-state index in [-0.39, 0.29) is 65.6 Å². The molecule has 5 unspecified atom stereocenters. The number of likely N-dealkylation sites (N-methyl/N-ethyl adjacent to an activating group) is 1. The number of aliphatic hydroxyl groups is 3. The van der Waals surface area contributed by atoms with Crippen LogP contribution < -0.4 is 15.9 Å². The van der Waals surface area contributed by atoms with Crippen LogP contribution in [0.1, 0.15) is 94.3 Å². The number of phenols is 2. The zero-order valence-corrected chi connectivity index (χ0v) is 30.3. The van der Waals surface area contributed by atoms with Crippen molar-refractivity contribution in [2.24, 2.45) is 5.73 Å². The third-order valence-electron chi connectivity index (χ3n) is 11.2. The number of amides is 3. The highest BCUT2D eigenvalue weighted by atomic mass is 16.5. The molecule has 6 rings (SSSR count). The van der Waals surface area contributed by atoms with Gasteiger partial charge >= 0.3 is 0 Å². The number of carbonyl (C=O) groups excluding carboxylic acids is 5. The van der Waals surface area contributed by atoms with Crippen LogP contribution in [0.2, 0.25) is 0 Å². The number of nitrogens with one attached hydrogen (secondary N) is 1. The van der Waals surface area contributed by atoms with Crippen molar-refractivity contribution < 1.29 is 59.0 Å². The van der Waals surface area contributed by atoms with Crippen LogP contribution in [0, 0.1) is 0 Å². The smallest absolute Gasteiger partial charge is 0.253 e. The van der Waals surface area contributed by atoms with Gasteiger partial charge in [-0.3, -0.25) is 34.3 Å². The summed E-state index contributed by atoms with van der Waals surface area (Å²) in [7, 11) is 2.80. The minimum atomic E-state index is -1.94. The largest absolute Gasteiger partial charge is 0.507 e. The zero-order valence-electron chi connectivity index (χ0n) is 30.3. The van der Waals surface area contributed by atoms with Gasteiger partial charge in [-0.1, -0.05) is 18.6 Å². The Bertz CT molecular complexity index is 1880. The van der Waals surface area contributed by atoms with Gasteiger partial charge in [0, 0.05) is 67.2 Å². The number of nitrogens with zero attached hydrogens (tertiary/aromatic N) is 2. The summed E-state index contributed by atoms with van der Waals surface area (Å²) in [6.07, 6.45) is 0.706. The lowest BCUT2D eigenvalue weighted by molar-refractivity contribution is -0.147. The summed E-state index contributed by atoms with van der Waals surface area (Å²) in [6, 6.07) is 2.46. The molecular weight excluding hydrogens is 704 g/mol. The normalized spacial score (nSPS) is 26.8. The van der Waals surface area contributed by atoms with Crippen molar-refractivity contribution in [3.63, 3.8) is 0 Å². The maximum absolute atomic E-state index is 14.0. The van der Waals surface area contributed by atoms with E-state index in [0.29, 0.717) is 19.3 Å². The molecule has 2 aromatic carbocycles. The van der Waals surface area contributed by atoms with Gasteiger partial charge in [-0.05, 0) is 38.7 Å². The molecule has 1 fully saturated rings. The van der Waals surface area contributed by atoms with E-state index in [1.807, 2.05) is 0 Å². The van der Waals surface area contributed by atoms with Crippen LogP contribution in [0.25, 0.3) is 0 Å². The molecule has 16 heteroatoms. The van der Waals surface area contributed by atoms with E-state index < -0.39 is 95.0 Å². The summed E-state index contributed by atoms with van der Waals surface area (Å²) >= 11 is 0. The number of carbonyl (C=O) groups is 5. The lowest BCUT2D eigenvalue weighted by atomic mass is 9.65. The Morgan fingerprint density at radius 3 is 2.41 bits per heavy atom. The lowest BCUT2D eigenvalue weighted by Gasteiger charge is -2.49. The maximum atomic E-state index is 14.0. The molecule has 8 N–H and O–H groups in total. The fraction of sp³-hybridized carbons (Fsp3) is 0.500. The number of aliphatic hydroxyl groups excluding tert-OH is 2. The number of ketones is 2. The van der Waals surface area contributed by atoms with Gasteiger partial charge in [0.15, 0.2) is 5.78 Å². The van der Waals surface area contributed by atoms with E-state index in [1.54, 1.807) is 6.92 Å². The predicted molar refractivity (Wildman–Crippen MR) is 190 cm³/mol. The number of rotatable bonds is 12. The predicted octanol–water partition coefficient (Wildman–Crippen LogP) is 0.318. The second-order valence-electron chi connectivity index (χ2n) is 14.6. The van der Waals surface area contributed by atoms with Crippen molar-refractivity contribution in [3.8, 4) is 17.2 Å². The van der Waals surface area contributed by atoms with Crippen LogP contribution in [-0.4, -0.2) is 128 Å². The molecule has 4 aliphatic rings. The Labute approximate surface area is 311 Å². The number of benzene rings is 2. The number of aromatic hydroxyl groups is 2. The fourth-order valence-electron chi connectivity index (χ4n) is 8.42. The number of unbranched alkanes of at least 4 members (excludes halogenated alkanes) is 2. The average molecular weight is 751 g/mol. The topological polar surface area (TPSA) is 249 Å². The molecule has 7 atom stereocenters. The van der Waals surface area contributed by atoms with E-state index in [1.165, 1.54) is 49.5 Å². The summed E-state index contributed by atoms with van der Waals surface area (Å²) in [4.78, 5) is 65.7. The van der Waals surface area contributed by atoms with Gasteiger partial charge in [0.05, 0.1) is 60.4 Å². The molecule has 0 spiro atoms. The third kappa shape index (κ3) is 6.78. The molecule has 54 heavy (non-hydrogen) atoms. The molecule has 3 amide bonds. The Kier molecular flexibility index (Phi) is 11.0. The number of nitrogens with two attached hydrogens (primary N) is 1. The van der Waals surface area contributed by atoms with Crippen LogP contribution in [0.5, 0.6) is 17.2 Å². The second-order valence-corrected chi connectivity index (χ2v) is 14.6. The second kappa shape index (κ2) is 15.2. The average Bonchev–Trinajstić information content (AvgIpc) is 3.45. The molecule has 16 nitrogen and oxygen atoms in total. The number of phenolic OH excluding ortho intramolecular Hbond substituents is 2. The van der Waals surface area contributed by atoms with E-state index in [0.717, 1.165) is 4.90 Å². The Balaban J connectivity index is 1.30. The van der Waals surface area contributed by atoms with Crippen molar-refractivity contribution in [1.82, 2.24) is 15.3 Å². The summed E-state index contributed by atoms with van der Waals surface area (Å²) in [6.45, 7) is 1.17. The first-order valence-corrected chi connectivity index (χ1v) is 18.0. The lowest BCUT2D eigenvalue weighted by Crippen LogP contribution is -2.62. The summed E-state index contributed by atoms with van der Waals surface area (Å²) in [5.41, 5.74) is 6.09. The van der Waals surface area contributed by atoms with Crippen molar-refractivity contribution in [2.45, 2.75) is 93.8 Å². The fourth-order valence-corrected chi connectivity index (χ4v) is 8.42. The Hall–Kier alpha value is -4.71. The summed E-state index contributed by atoms with van der Waals surface area (Å²) < 4.78 is 11.6. The molecule has 290 valence electrons. The van der Waals surface area contributed by atoms with Gasteiger partial charge in [0.1, 0.15) is 17.2 Å². The van der Waals surface area contributed by atoms with Crippen LogP contribution in [0.3, 0.4) is 0 Å². The van der Waals surface area contributed by atoms with E-state index in [9.17, 15) is 49.5 Å². The highest BCUT2D eigenvalue weighted by molar-refractivity contribution is 6.31. The highest BCUT2D eigenvalue weighted by Crippen LogP contribution is 2.54. The van der Waals surface area contributed by atoms with Crippen molar-refractivity contribution in [1.29, 1.82) is 0 Å². The van der Waals surface area contributed by atoms with Crippen molar-refractivity contribution in [2.75, 3.05) is 27.3 Å². The first-order chi connectivity index (χ1) is 25.6. The van der Waals surface area contributed by atoms with Crippen LogP contribution in [0.4, 0.5) is 0 Å². The third-order valence-corrected chi connectivity index (χ3v) is 11.2. The highest BCUT2D eigenvalue weighted by Gasteiger charge is 2.53. The van der Waals surface area contributed by atoms with Crippen molar-refractivity contribution in [3.05, 3.63) is 63.7 Å². The molecule has 0 saturated carbocycles. The minimum Gasteiger partial charge on any atom is -0.507 e. The van der Waals surface area contributed by atoms with Crippen LogP contribution >= 0.6 is 0 Å². The number of hydrogen-bond donors (Lipinski definition) is 7. The van der Waals surface area contributed by atoms with E-state index in [4.69, 9.17) is 15.2 Å². The molecular formula is C38H46N4O12. The zero-order chi connectivity index (χ0) is 39.2. The van der Waals surface area contributed by atoms with Crippen LogP contribution in [0.15, 0.2) is 30.4 Å². The van der Waals surface area contributed by atoms with Gasteiger partial charge in [0.25, 0.3) is 11.8 Å². The number of fused-ring (bicyclic) bond motifs is 3. The maximum Gasteiger partial charge on any atom is 0.253 e. The SMILES string of the molecule is COc1cccc2c1C(=O)c1c(O)c3c(c(O)c1C2=O)C[C@@](O)(C(CO)N(C)NC(=O)CCCCCN1C(=O)C=CC1=O)CC3[C@H]1CC(N)C(O)C(C)O1. The Morgan fingerprint density at radius 2 is 1.76 bits per heavy atom. The van der Waals surface area contributed by atoms with Gasteiger partial charge in [0.2, 0.25) is 11.7 Å². The molecule has 0 bridgehead atoms. The number of hydrazine groups is 1. The molecule has 1 saturated heterocycles. The summed E-state index contributed by atoms with van der Waals surface area (Å²) in [5, 5.41) is 58.9. The molecule has 2 heterocycles. The number of ether oxygens (including phenoxy) is 2. The van der Waals surface area contributed by atoms with E-state index in [2.05, 4.69) is 5.43 Å². The summed E-state index contributed by atoms with van der Waals surface area (Å²) in [5.74, 6) is -4.76. The van der Waals surface area contributed by atoms with Crippen molar-refractivity contribution >= 4 is 29.3 Å². The Morgan fingerprint density at radius 1 is 1.07 bits per heavy atom. The number of methoxy groups -OCH3 is 1. The molecule has 2 aliphatic carbocycles. The molecule has 2 aromatic rings.